The lowest BCUT2D eigenvalue weighted by atomic mass is 9.84. The second kappa shape index (κ2) is 6.17. The molecule has 0 unspecified atom stereocenters. The lowest BCUT2D eigenvalue weighted by molar-refractivity contribution is -0.137. The zero-order chi connectivity index (χ0) is 12.8. The van der Waals surface area contributed by atoms with Crippen molar-refractivity contribution in [1.82, 2.24) is 9.44 Å². The van der Waals surface area contributed by atoms with Crippen molar-refractivity contribution in [3.05, 3.63) is 0 Å². The highest BCUT2D eigenvalue weighted by atomic mass is 32.2. The Balaban J connectivity index is 3.95. The molecule has 0 bridgehead atoms. The highest BCUT2D eigenvalue weighted by Crippen LogP contribution is 2.25. The Morgan fingerprint density at radius 1 is 1.31 bits per heavy atom. The van der Waals surface area contributed by atoms with Crippen LogP contribution in [-0.2, 0) is 15.0 Å². The van der Waals surface area contributed by atoms with E-state index in [1.54, 1.807) is 0 Å². The molecule has 0 fully saturated rings. The van der Waals surface area contributed by atoms with Crippen LogP contribution in [0.5, 0.6) is 0 Å². The lowest BCUT2D eigenvalue weighted by Crippen LogP contribution is -2.36. The van der Waals surface area contributed by atoms with Crippen LogP contribution in [0.4, 0.5) is 0 Å². The molecule has 0 aliphatic rings. The van der Waals surface area contributed by atoms with Crippen LogP contribution in [0.15, 0.2) is 0 Å². The first-order chi connectivity index (χ1) is 7.18. The predicted octanol–water partition coefficient (Wildman–Crippen LogP) is 0.321. The molecule has 0 atom stereocenters. The van der Waals surface area contributed by atoms with Crippen LogP contribution in [0.3, 0.4) is 0 Å². The van der Waals surface area contributed by atoms with Crippen molar-refractivity contribution in [3.63, 3.8) is 0 Å². The molecule has 96 valence electrons. The van der Waals surface area contributed by atoms with Crippen LogP contribution in [0.1, 0.15) is 33.1 Å². The summed E-state index contributed by atoms with van der Waals surface area (Å²) in [4.78, 5) is 10.4. The average molecular weight is 252 g/mol. The van der Waals surface area contributed by atoms with Crippen LogP contribution in [0.2, 0.25) is 0 Å². The van der Waals surface area contributed by atoms with Gasteiger partial charge in [0.05, 0.1) is 0 Å². The SMILES string of the molecule is CNS(=O)(=O)NCCC(C)(C)CCC(=O)O. The van der Waals surface area contributed by atoms with Crippen molar-refractivity contribution in [3.8, 4) is 0 Å². The molecule has 3 N–H and O–H groups in total. The van der Waals surface area contributed by atoms with E-state index in [1.807, 2.05) is 13.8 Å². The maximum atomic E-state index is 11.0. The van der Waals surface area contributed by atoms with Gasteiger partial charge in [0.25, 0.3) is 10.2 Å². The normalized spacial score (nSPS) is 12.7. The number of aliphatic carboxylic acids is 1. The Morgan fingerprint density at radius 3 is 2.31 bits per heavy atom. The van der Waals surface area contributed by atoms with Crippen LogP contribution in [-0.4, -0.2) is 33.1 Å². The second-order valence-electron chi connectivity index (χ2n) is 4.41. The van der Waals surface area contributed by atoms with Crippen molar-refractivity contribution in [2.45, 2.75) is 33.1 Å². The van der Waals surface area contributed by atoms with E-state index in [2.05, 4.69) is 9.44 Å². The van der Waals surface area contributed by atoms with Gasteiger partial charge >= 0.3 is 5.97 Å². The smallest absolute Gasteiger partial charge is 0.303 e. The summed E-state index contributed by atoms with van der Waals surface area (Å²) in [5, 5.41) is 8.55. The van der Waals surface area contributed by atoms with Gasteiger partial charge in [-0.15, -0.1) is 0 Å². The Kier molecular flexibility index (Phi) is 5.91. The minimum atomic E-state index is -3.39. The van der Waals surface area contributed by atoms with Crippen LogP contribution < -0.4 is 9.44 Å². The first-order valence-electron chi connectivity index (χ1n) is 5.08. The van der Waals surface area contributed by atoms with E-state index in [1.165, 1.54) is 7.05 Å². The number of carbonyl (C=O) groups is 1. The molecule has 0 aliphatic carbocycles. The monoisotopic (exact) mass is 252 g/mol. The molecule has 0 rings (SSSR count). The van der Waals surface area contributed by atoms with E-state index in [0.29, 0.717) is 19.4 Å². The van der Waals surface area contributed by atoms with Gasteiger partial charge in [-0.25, -0.2) is 9.44 Å². The third kappa shape index (κ3) is 7.61. The predicted molar refractivity (Wildman–Crippen MR) is 61.3 cm³/mol. The summed E-state index contributed by atoms with van der Waals surface area (Å²) in [7, 11) is -2.06. The van der Waals surface area contributed by atoms with Crippen molar-refractivity contribution in [2.75, 3.05) is 13.6 Å². The van der Waals surface area contributed by atoms with Crippen molar-refractivity contribution in [1.29, 1.82) is 0 Å². The molecule has 0 aromatic rings. The van der Waals surface area contributed by atoms with Gasteiger partial charge in [0, 0.05) is 20.0 Å². The molecule has 0 saturated heterocycles. The summed E-state index contributed by atoms with van der Waals surface area (Å²) >= 11 is 0. The number of hydrogen-bond donors (Lipinski definition) is 3. The first kappa shape index (κ1) is 15.3. The second-order valence-corrected chi connectivity index (χ2v) is 6.11. The fourth-order valence-corrected chi connectivity index (χ4v) is 1.68. The Morgan fingerprint density at radius 2 is 1.88 bits per heavy atom. The van der Waals surface area contributed by atoms with Crippen LogP contribution in [0.25, 0.3) is 0 Å². The molecule has 7 heteroatoms. The summed E-state index contributed by atoms with van der Waals surface area (Å²) in [6.07, 6.45) is 1.23. The van der Waals surface area contributed by atoms with E-state index in [9.17, 15) is 13.2 Å². The summed E-state index contributed by atoms with van der Waals surface area (Å²) < 4.78 is 26.6. The average Bonchev–Trinajstić information content (AvgIpc) is 2.14. The molecular formula is C9H20N2O4S. The number of nitrogens with one attached hydrogen (secondary N) is 2. The minimum absolute atomic E-state index is 0.103. The van der Waals surface area contributed by atoms with E-state index in [-0.39, 0.29) is 11.8 Å². The lowest BCUT2D eigenvalue weighted by Gasteiger charge is -2.23. The van der Waals surface area contributed by atoms with Crippen molar-refractivity contribution in [2.24, 2.45) is 5.41 Å². The molecule has 0 aromatic carbocycles. The Bertz CT molecular complexity index is 324. The highest BCUT2D eigenvalue weighted by molar-refractivity contribution is 7.87. The van der Waals surface area contributed by atoms with Crippen LogP contribution >= 0.6 is 0 Å². The highest BCUT2D eigenvalue weighted by Gasteiger charge is 2.19. The van der Waals surface area contributed by atoms with Gasteiger partial charge in [-0.2, -0.15) is 8.42 Å². The van der Waals surface area contributed by atoms with Gasteiger partial charge in [-0.05, 0) is 18.3 Å². The van der Waals surface area contributed by atoms with Gasteiger partial charge < -0.3 is 5.11 Å². The third-order valence-electron chi connectivity index (χ3n) is 2.38. The molecule has 0 saturated carbocycles. The number of carboxylic acid groups (broad SMARTS) is 1. The van der Waals surface area contributed by atoms with Crippen molar-refractivity contribution < 1.29 is 18.3 Å². The van der Waals surface area contributed by atoms with Gasteiger partial charge in [0.1, 0.15) is 0 Å². The van der Waals surface area contributed by atoms with E-state index in [4.69, 9.17) is 5.11 Å². The zero-order valence-electron chi connectivity index (χ0n) is 9.91. The van der Waals surface area contributed by atoms with Gasteiger partial charge in [0.15, 0.2) is 0 Å². The van der Waals surface area contributed by atoms with Gasteiger partial charge in [-0.3, -0.25) is 4.79 Å². The molecule has 0 amide bonds. The largest absolute Gasteiger partial charge is 0.481 e. The molecule has 16 heavy (non-hydrogen) atoms. The molecule has 0 radical (unpaired) electrons. The zero-order valence-corrected chi connectivity index (χ0v) is 10.7. The number of carboxylic acids is 1. The molecular weight excluding hydrogens is 232 g/mol. The van der Waals surface area contributed by atoms with E-state index in [0.717, 1.165) is 0 Å². The quantitative estimate of drug-likeness (QED) is 0.580. The molecule has 0 aromatic heterocycles. The number of hydrogen-bond acceptors (Lipinski definition) is 3. The fourth-order valence-electron chi connectivity index (χ4n) is 1.17. The maximum Gasteiger partial charge on any atom is 0.303 e. The van der Waals surface area contributed by atoms with Gasteiger partial charge in [-0.1, -0.05) is 13.8 Å². The summed E-state index contributed by atoms with van der Waals surface area (Å²) in [6, 6.07) is 0. The minimum Gasteiger partial charge on any atom is -0.481 e. The molecule has 0 spiro atoms. The molecule has 6 nitrogen and oxygen atoms in total. The molecule has 0 heterocycles. The van der Waals surface area contributed by atoms with Gasteiger partial charge in [0.2, 0.25) is 0 Å². The molecule has 0 aliphatic heterocycles. The summed E-state index contributed by atoms with van der Waals surface area (Å²) in [5.41, 5.74) is -0.186. The summed E-state index contributed by atoms with van der Waals surface area (Å²) in [6.45, 7) is 4.14. The Hall–Kier alpha value is -0.660. The fraction of sp³-hybridized carbons (Fsp3) is 0.889. The maximum absolute atomic E-state index is 11.0. The third-order valence-corrected chi connectivity index (χ3v) is 3.50. The van der Waals surface area contributed by atoms with Crippen LogP contribution in [0, 0.1) is 5.41 Å². The van der Waals surface area contributed by atoms with Crippen molar-refractivity contribution >= 4 is 16.2 Å². The van der Waals surface area contributed by atoms with E-state index >= 15 is 0 Å². The summed E-state index contributed by atoms with van der Waals surface area (Å²) in [5.74, 6) is -0.830. The Labute approximate surface area is 96.6 Å². The number of rotatable bonds is 8. The topological polar surface area (TPSA) is 95.5 Å². The standard InChI is InChI=1S/C9H20N2O4S/c1-9(2,5-4-8(12)13)6-7-11-16(14,15)10-3/h10-11H,4-7H2,1-3H3,(H,12,13). The van der Waals surface area contributed by atoms with E-state index < -0.39 is 16.2 Å². The first-order valence-corrected chi connectivity index (χ1v) is 6.57.